The van der Waals surface area contributed by atoms with E-state index in [4.69, 9.17) is 0 Å². The van der Waals surface area contributed by atoms with Gasteiger partial charge >= 0.3 is 0 Å². The maximum absolute atomic E-state index is 12.9. The summed E-state index contributed by atoms with van der Waals surface area (Å²) in [4.78, 5) is 16.2. The lowest BCUT2D eigenvalue weighted by molar-refractivity contribution is 0.0726. The molecule has 0 unspecified atom stereocenters. The molecule has 0 atom stereocenters. The van der Waals surface area contributed by atoms with Crippen LogP contribution in [0.1, 0.15) is 34.8 Å². The van der Waals surface area contributed by atoms with Crippen LogP contribution in [0.15, 0.2) is 28.6 Å². The number of carbonyl (C=O) groups excluding carboxylic acids is 1. The van der Waals surface area contributed by atoms with E-state index in [1.165, 1.54) is 27.0 Å². The van der Waals surface area contributed by atoms with Crippen molar-refractivity contribution in [3.05, 3.63) is 39.8 Å². The van der Waals surface area contributed by atoms with E-state index in [2.05, 4.69) is 11.4 Å². The SMILES string of the molecule is CCN(CC)S(=O)(=O)c1cc(C(=O)N2CCc3sccc3C2)n(C)c1. The summed E-state index contributed by atoms with van der Waals surface area (Å²) in [7, 11) is -1.85. The number of thiophene rings is 1. The van der Waals surface area contributed by atoms with Crippen LogP contribution >= 0.6 is 11.3 Å². The lowest BCUT2D eigenvalue weighted by Crippen LogP contribution is -2.36. The van der Waals surface area contributed by atoms with E-state index in [1.54, 1.807) is 27.9 Å². The fourth-order valence-corrected chi connectivity index (χ4v) is 5.60. The molecule has 0 N–H and O–H groups in total. The van der Waals surface area contributed by atoms with Gasteiger partial charge in [-0.2, -0.15) is 4.31 Å². The molecule has 0 fully saturated rings. The third-order valence-corrected chi connectivity index (χ3v) is 7.68. The summed E-state index contributed by atoms with van der Waals surface area (Å²) >= 11 is 1.73. The van der Waals surface area contributed by atoms with Crippen LogP contribution in [-0.2, 0) is 30.0 Å². The number of nitrogens with zero attached hydrogens (tertiary/aromatic N) is 3. The second kappa shape index (κ2) is 6.93. The van der Waals surface area contributed by atoms with Crippen LogP contribution in [0.25, 0.3) is 0 Å². The number of rotatable bonds is 5. The lowest BCUT2D eigenvalue weighted by atomic mass is 10.1. The van der Waals surface area contributed by atoms with E-state index < -0.39 is 10.0 Å². The van der Waals surface area contributed by atoms with Crippen molar-refractivity contribution >= 4 is 27.3 Å². The number of fused-ring (bicyclic) bond motifs is 1. The van der Waals surface area contributed by atoms with Gasteiger partial charge in [-0.1, -0.05) is 13.8 Å². The minimum Gasteiger partial charge on any atom is -0.345 e. The van der Waals surface area contributed by atoms with Gasteiger partial charge in [0.05, 0.1) is 0 Å². The molecule has 3 heterocycles. The van der Waals surface area contributed by atoms with E-state index >= 15 is 0 Å². The molecule has 25 heavy (non-hydrogen) atoms. The number of aromatic nitrogens is 1. The molecule has 0 aromatic carbocycles. The summed E-state index contributed by atoms with van der Waals surface area (Å²) in [6, 6.07) is 3.56. The Morgan fingerprint density at radius 3 is 2.72 bits per heavy atom. The zero-order valence-corrected chi connectivity index (χ0v) is 16.4. The second-order valence-electron chi connectivity index (χ2n) is 6.11. The summed E-state index contributed by atoms with van der Waals surface area (Å²) in [6.45, 7) is 5.68. The quantitative estimate of drug-likeness (QED) is 0.798. The van der Waals surface area contributed by atoms with Gasteiger partial charge in [0, 0.05) is 44.3 Å². The Morgan fingerprint density at radius 2 is 2.04 bits per heavy atom. The van der Waals surface area contributed by atoms with Crippen LogP contribution in [0.2, 0.25) is 0 Å². The molecule has 1 amide bonds. The molecule has 0 radical (unpaired) electrons. The maximum Gasteiger partial charge on any atom is 0.270 e. The number of hydrogen-bond donors (Lipinski definition) is 0. The molecule has 0 saturated heterocycles. The summed E-state index contributed by atoms with van der Waals surface area (Å²) in [5.74, 6) is -0.125. The van der Waals surface area contributed by atoms with Gasteiger partial charge in [0.25, 0.3) is 5.91 Å². The summed E-state index contributed by atoms with van der Waals surface area (Å²) in [6.07, 6.45) is 2.38. The Bertz CT molecular complexity index is 879. The molecular formula is C17H23N3O3S2. The van der Waals surface area contributed by atoms with E-state index in [0.717, 1.165) is 6.42 Å². The zero-order chi connectivity index (χ0) is 18.2. The Hall–Kier alpha value is -1.64. The van der Waals surface area contributed by atoms with E-state index in [0.29, 0.717) is 31.9 Å². The first-order valence-corrected chi connectivity index (χ1v) is 10.7. The van der Waals surface area contributed by atoms with Gasteiger partial charge in [-0.3, -0.25) is 4.79 Å². The number of hydrogen-bond acceptors (Lipinski definition) is 4. The van der Waals surface area contributed by atoms with Gasteiger partial charge in [0.15, 0.2) is 0 Å². The smallest absolute Gasteiger partial charge is 0.270 e. The topological polar surface area (TPSA) is 62.6 Å². The minimum absolute atomic E-state index is 0.125. The molecule has 1 aliphatic heterocycles. The molecule has 0 saturated carbocycles. The van der Waals surface area contributed by atoms with Gasteiger partial charge < -0.3 is 9.47 Å². The highest BCUT2D eigenvalue weighted by molar-refractivity contribution is 7.89. The second-order valence-corrected chi connectivity index (χ2v) is 9.05. The van der Waals surface area contributed by atoms with Gasteiger partial charge in [-0.15, -0.1) is 11.3 Å². The van der Waals surface area contributed by atoms with Crippen molar-refractivity contribution in [3.63, 3.8) is 0 Å². The minimum atomic E-state index is -3.56. The van der Waals surface area contributed by atoms with Crippen molar-refractivity contribution in [2.75, 3.05) is 19.6 Å². The van der Waals surface area contributed by atoms with E-state index in [9.17, 15) is 13.2 Å². The molecule has 0 aliphatic carbocycles. The van der Waals surface area contributed by atoms with E-state index in [-0.39, 0.29) is 10.8 Å². The van der Waals surface area contributed by atoms with Gasteiger partial charge in [0.2, 0.25) is 10.0 Å². The maximum atomic E-state index is 12.9. The van der Waals surface area contributed by atoms with Crippen LogP contribution in [0, 0.1) is 0 Å². The fraction of sp³-hybridized carbons (Fsp3) is 0.471. The van der Waals surface area contributed by atoms with E-state index in [1.807, 2.05) is 13.8 Å². The fourth-order valence-electron chi connectivity index (χ4n) is 3.18. The van der Waals surface area contributed by atoms with Crippen molar-refractivity contribution in [1.29, 1.82) is 0 Å². The average Bonchev–Trinajstić information content (AvgIpc) is 3.21. The van der Waals surface area contributed by atoms with Gasteiger partial charge in [0.1, 0.15) is 10.6 Å². The Kier molecular flexibility index (Phi) is 5.04. The summed E-state index contributed by atoms with van der Waals surface area (Å²) < 4.78 is 28.4. The molecule has 1 aliphatic rings. The Morgan fingerprint density at radius 1 is 1.32 bits per heavy atom. The van der Waals surface area contributed by atoms with Crippen LogP contribution in [0.3, 0.4) is 0 Å². The number of amides is 1. The molecule has 136 valence electrons. The van der Waals surface area contributed by atoms with Crippen molar-refractivity contribution in [3.8, 4) is 0 Å². The normalized spacial score (nSPS) is 14.8. The predicted octanol–water partition coefficient (Wildman–Crippen LogP) is 2.32. The predicted molar refractivity (Wildman–Crippen MR) is 98.3 cm³/mol. The standard InChI is InChI=1S/C17H23N3O3S2/c1-4-20(5-2)25(22,23)14-10-15(18(3)12-14)17(21)19-8-6-16-13(11-19)7-9-24-16/h7,9-10,12H,4-6,8,11H2,1-3H3. The molecule has 0 spiro atoms. The summed E-state index contributed by atoms with van der Waals surface area (Å²) in [5, 5.41) is 2.05. The number of aryl methyl sites for hydroxylation is 1. The molecule has 6 nitrogen and oxygen atoms in total. The first-order valence-electron chi connectivity index (χ1n) is 8.39. The highest BCUT2D eigenvalue weighted by atomic mass is 32.2. The number of sulfonamides is 1. The average molecular weight is 382 g/mol. The molecule has 8 heteroatoms. The van der Waals surface area contributed by atoms with Gasteiger partial charge in [-0.25, -0.2) is 8.42 Å². The molecule has 0 bridgehead atoms. The van der Waals surface area contributed by atoms with Crippen LogP contribution in [0.4, 0.5) is 0 Å². The van der Waals surface area contributed by atoms with Crippen LogP contribution in [-0.4, -0.2) is 47.7 Å². The molecule has 3 rings (SSSR count). The Balaban J connectivity index is 1.87. The highest BCUT2D eigenvalue weighted by Crippen LogP contribution is 2.26. The first kappa shape index (κ1) is 18.2. The third-order valence-electron chi connectivity index (χ3n) is 4.64. The highest BCUT2D eigenvalue weighted by Gasteiger charge is 2.28. The van der Waals surface area contributed by atoms with Crippen molar-refractivity contribution in [2.45, 2.75) is 31.7 Å². The summed E-state index contributed by atoms with van der Waals surface area (Å²) in [5.41, 5.74) is 1.60. The monoisotopic (exact) mass is 381 g/mol. The van der Waals surface area contributed by atoms with Crippen LogP contribution < -0.4 is 0 Å². The largest absolute Gasteiger partial charge is 0.345 e. The first-order chi connectivity index (χ1) is 11.9. The molecule has 2 aromatic rings. The van der Waals surface area contributed by atoms with Crippen molar-refractivity contribution in [2.24, 2.45) is 7.05 Å². The Labute approximate surface area is 152 Å². The number of carbonyl (C=O) groups is 1. The third kappa shape index (κ3) is 3.26. The van der Waals surface area contributed by atoms with Crippen molar-refractivity contribution < 1.29 is 13.2 Å². The molecular weight excluding hydrogens is 358 g/mol. The zero-order valence-electron chi connectivity index (χ0n) is 14.7. The van der Waals surface area contributed by atoms with Crippen molar-refractivity contribution in [1.82, 2.24) is 13.8 Å². The van der Waals surface area contributed by atoms with Crippen LogP contribution in [0.5, 0.6) is 0 Å². The molecule has 2 aromatic heterocycles. The lowest BCUT2D eigenvalue weighted by Gasteiger charge is -2.27. The van der Waals surface area contributed by atoms with Gasteiger partial charge in [-0.05, 0) is 29.5 Å².